The van der Waals surface area contributed by atoms with E-state index in [-0.39, 0.29) is 36.2 Å². The Labute approximate surface area is 142 Å². The molecule has 3 rings (SSSR count). The monoisotopic (exact) mass is 344 g/mol. The summed E-state index contributed by atoms with van der Waals surface area (Å²) < 4.78 is 0. The van der Waals surface area contributed by atoms with Gasteiger partial charge in [0.1, 0.15) is 0 Å². The fraction of sp³-hybridized carbons (Fsp3) is 0.562. The molecule has 2 atom stereocenters. The molecule has 1 aliphatic heterocycles. The Balaban J connectivity index is 0.00000176. The van der Waals surface area contributed by atoms with Crippen LogP contribution in [-0.2, 0) is 4.79 Å². The first-order valence-electron chi connectivity index (χ1n) is 7.53. The van der Waals surface area contributed by atoms with Crippen LogP contribution in [0.4, 0.5) is 0 Å². The first-order chi connectivity index (χ1) is 10.1. The van der Waals surface area contributed by atoms with Gasteiger partial charge in [0.05, 0.1) is 6.10 Å². The van der Waals surface area contributed by atoms with Crippen LogP contribution in [0.25, 0.3) is 0 Å². The molecule has 1 aromatic carbocycles. The molecule has 6 heteroatoms. The van der Waals surface area contributed by atoms with Crippen molar-refractivity contribution in [2.24, 2.45) is 11.3 Å². The van der Waals surface area contributed by atoms with Gasteiger partial charge in [0.15, 0.2) is 0 Å². The fourth-order valence-electron chi connectivity index (χ4n) is 3.32. The van der Waals surface area contributed by atoms with Crippen LogP contribution in [0.3, 0.4) is 0 Å². The van der Waals surface area contributed by atoms with E-state index in [0.29, 0.717) is 5.02 Å². The van der Waals surface area contributed by atoms with Gasteiger partial charge < -0.3 is 15.7 Å². The van der Waals surface area contributed by atoms with E-state index in [4.69, 9.17) is 11.6 Å². The second-order valence-corrected chi connectivity index (χ2v) is 6.62. The predicted octanol–water partition coefficient (Wildman–Crippen LogP) is 2.30. The standard InChI is InChI=1S/C16H21ClN2O2.ClH/c17-12-3-1-11(2-4-12)14(20)10-19-15(21)13-9-16(13)5-7-18-8-6-16;/h1-4,13-14,18,20H,5-10H2,(H,19,21);1H. The molecular formula is C16H22Cl2N2O2. The number of hydrogen-bond donors (Lipinski definition) is 3. The molecule has 0 bridgehead atoms. The van der Waals surface area contributed by atoms with E-state index in [2.05, 4.69) is 10.6 Å². The van der Waals surface area contributed by atoms with Gasteiger partial charge >= 0.3 is 0 Å². The van der Waals surface area contributed by atoms with Crippen LogP contribution < -0.4 is 10.6 Å². The SMILES string of the molecule is Cl.O=C(NCC(O)c1ccc(Cl)cc1)C1CC12CCNCC2. The van der Waals surface area contributed by atoms with Crippen molar-refractivity contribution in [3.63, 3.8) is 0 Å². The van der Waals surface area contributed by atoms with Gasteiger partial charge in [0, 0.05) is 17.5 Å². The van der Waals surface area contributed by atoms with E-state index in [1.165, 1.54) is 0 Å². The number of amides is 1. The Kier molecular flexibility index (Phi) is 5.72. The first-order valence-corrected chi connectivity index (χ1v) is 7.90. The second kappa shape index (κ2) is 7.18. The molecule has 1 heterocycles. The Morgan fingerprint density at radius 1 is 1.36 bits per heavy atom. The molecule has 1 saturated carbocycles. The average molecular weight is 345 g/mol. The van der Waals surface area contributed by atoms with Crippen molar-refractivity contribution < 1.29 is 9.90 Å². The van der Waals surface area contributed by atoms with Gasteiger partial charge in [-0.3, -0.25) is 4.79 Å². The molecular weight excluding hydrogens is 323 g/mol. The van der Waals surface area contributed by atoms with Gasteiger partial charge in [-0.25, -0.2) is 0 Å². The number of rotatable bonds is 4. The third-order valence-corrected chi connectivity index (χ3v) is 5.08. The molecule has 3 N–H and O–H groups in total. The van der Waals surface area contributed by atoms with Crippen LogP contribution in [-0.4, -0.2) is 30.6 Å². The molecule has 2 unspecified atom stereocenters. The Hall–Kier alpha value is -0.810. The molecule has 22 heavy (non-hydrogen) atoms. The maximum absolute atomic E-state index is 12.2. The molecule has 2 aliphatic rings. The number of aliphatic hydroxyl groups is 1. The van der Waals surface area contributed by atoms with E-state index in [0.717, 1.165) is 37.9 Å². The molecule has 1 amide bonds. The summed E-state index contributed by atoms with van der Waals surface area (Å²) in [4.78, 5) is 12.2. The molecule has 4 nitrogen and oxygen atoms in total. The lowest BCUT2D eigenvalue weighted by molar-refractivity contribution is -0.123. The van der Waals surface area contributed by atoms with Crippen LogP contribution >= 0.6 is 24.0 Å². The van der Waals surface area contributed by atoms with Crippen molar-refractivity contribution in [3.8, 4) is 0 Å². The number of piperidine rings is 1. The zero-order valence-corrected chi connectivity index (χ0v) is 13.9. The molecule has 2 fully saturated rings. The summed E-state index contributed by atoms with van der Waals surface area (Å²) in [6, 6.07) is 7.05. The Morgan fingerprint density at radius 3 is 2.64 bits per heavy atom. The van der Waals surface area contributed by atoms with Crippen molar-refractivity contribution in [1.82, 2.24) is 10.6 Å². The quantitative estimate of drug-likeness (QED) is 0.785. The molecule has 0 aromatic heterocycles. The number of hydrogen-bond acceptors (Lipinski definition) is 3. The van der Waals surface area contributed by atoms with Crippen LogP contribution in [0.1, 0.15) is 30.9 Å². The number of carbonyl (C=O) groups is 1. The Bertz CT molecular complexity index is 515. The molecule has 0 radical (unpaired) electrons. The molecule has 1 aromatic rings. The van der Waals surface area contributed by atoms with Crippen LogP contribution in [0.5, 0.6) is 0 Å². The molecule has 1 aliphatic carbocycles. The number of carbonyl (C=O) groups excluding carboxylic acids is 1. The van der Waals surface area contributed by atoms with Crippen molar-refractivity contribution in [1.29, 1.82) is 0 Å². The lowest BCUT2D eigenvalue weighted by Crippen LogP contribution is -2.35. The molecule has 122 valence electrons. The van der Waals surface area contributed by atoms with Crippen molar-refractivity contribution in [2.45, 2.75) is 25.4 Å². The molecule has 1 spiro atoms. The van der Waals surface area contributed by atoms with Crippen LogP contribution in [0.2, 0.25) is 5.02 Å². The average Bonchev–Trinajstić information content (AvgIpc) is 3.19. The summed E-state index contributed by atoms with van der Waals surface area (Å²) in [5, 5.41) is 17.0. The highest BCUT2D eigenvalue weighted by molar-refractivity contribution is 6.30. The Morgan fingerprint density at radius 2 is 2.00 bits per heavy atom. The predicted molar refractivity (Wildman–Crippen MR) is 89.3 cm³/mol. The summed E-state index contributed by atoms with van der Waals surface area (Å²) in [5.41, 5.74) is 1.01. The van der Waals surface area contributed by atoms with E-state index in [1.54, 1.807) is 24.3 Å². The minimum Gasteiger partial charge on any atom is -0.387 e. The third-order valence-electron chi connectivity index (χ3n) is 4.83. The largest absolute Gasteiger partial charge is 0.387 e. The minimum atomic E-state index is -0.686. The number of benzene rings is 1. The maximum atomic E-state index is 12.2. The molecule has 1 saturated heterocycles. The summed E-state index contributed by atoms with van der Waals surface area (Å²) in [7, 11) is 0. The highest BCUT2D eigenvalue weighted by atomic mass is 35.5. The van der Waals surface area contributed by atoms with Gasteiger partial charge in [0.25, 0.3) is 0 Å². The first kappa shape index (κ1) is 17.5. The lowest BCUT2D eigenvalue weighted by Gasteiger charge is -2.23. The van der Waals surface area contributed by atoms with Gasteiger partial charge in [-0.05, 0) is 55.5 Å². The third kappa shape index (κ3) is 3.74. The zero-order valence-electron chi connectivity index (χ0n) is 12.3. The summed E-state index contributed by atoms with van der Waals surface area (Å²) in [6.45, 7) is 2.28. The number of nitrogens with one attached hydrogen (secondary N) is 2. The van der Waals surface area contributed by atoms with E-state index in [1.807, 2.05) is 0 Å². The minimum absolute atomic E-state index is 0. The lowest BCUT2D eigenvalue weighted by atomic mass is 9.92. The zero-order chi connectivity index (χ0) is 14.9. The summed E-state index contributed by atoms with van der Waals surface area (Å²) in [5.74, 6) is 0.224. The van der Waals surface area contributed by atoms with Gasteiger partial charge in [-0.1, -0.05) is 23.7 Å². The van der Waals surface area contributed by atoms with Gasteiger partial charge in [-0.15, -0.1) is 12.4 Å². The van der Waals surface area contributed by atoms with Crippen LogP contribution in [0.15, 0.2) is 24.3 Å². The fourth-order valence-corrected chi connectivity index (χ4v) is 3.44. The van der Waals surface area contributed by atoms with Crippen molar-refractivity contribution in [3.05, 3.63) is 34.9 Å². The second-order valence-electron chi connectivity index (χ2n) is 6.18. The van der Waals surface area contributed by atoms with E-state index in [9.17, 15) is 9.90 Å². The highest BCUT2D eigenvalue weighted by Gasteiger charge is 2.57. The topological polar surface area (TPSA) is 61.4 Å². The highest BCUT2D eigenvalue weighted by Crippen LogP contribution is 2.58. The normalized spacial score (nSPS) is 23.5. The van der Waals surface area contributed by atoms with E-state index >= 15 is 0 Å². The smallest absolute Gasteiger partial charge is 0.223 e. The number of aliphatic hydroxyl groups excluding tert-OH is 1. The van der Waals surface area contributed by atoms with Crippen LogP contribution in [0, 0.1) is 11.3 Å². The summed E-state index contributed by atoms with van der Waals surface area (Å²) >= 11 is 5.82. The van der Waals surface area contributed by atoms with E-state index < -0.39 is 6.10 Å². The maximum Gasteiger partial charge on any atom is 0.223 e. The van der Waals surface area contributed by atoms with Gasteiger partial charge in [0.2, 0.25) is 5.91 Å². The van der Waals surface area contributed by atoms with Crippen molar-refractivity contribution in [2.75, 3.05) is 19.6 Å². The van der Waals surface area contributed by atoms with Gasteiger partial charge in [-0.2, -0.15) is 0 Å². The number of halogens is 2. The summed E-state index contributed by atoms with van der Waals surface area (Å²) in [6.07, 6.45) is 2.49. The van der Waals surface area contributed by atoms with Crippen molar-refractivity contribution >= 4 is 29.9 Å².